The first-order valence-electron chi connectivity index (χ1n) is 7.59. The SMILES string of the molecule is O=C(Cc1cccc(O)c1)C(F)(F)F.Oc1cccc(CCC(F)(F)F)c1. The van der Waals surface area contributed by atoms with Gasteiger partial charge in [0.1, 0.15) is 11.5 Å². The molecule has 0 aliphatic carbocycles. The largest absolute Gasteiger partial charge is 0.508 e. The molecule has 0 aliphatic rings. The fraction of sp³-hybridized carbons (Fsp3) is 0.278. The number of rotatable bonds is 4. The number of hydrogen-bond acceptors (Lipinski definition) is 3. The fourth-order valence-electron chi connectivity index (χ4n) is 1.95. The second kappa shape index (κ2) is 9.29. The Morgan fingerprint density at radius 2 is 1.30 bits per heavy atom. The van der Waals surface area contributed by atoms with Crippen molar-refractivity contribution in [1.29, 1.82) is 0 Å². The van der Waals surface area contributed by atoms with Crippen LogP contribution in [0.3, 0.4) is 0 Å². The molecule has 148 valence electrons. The van der Waals surface area contributed by atoms with Gasteiger partial charge in [0.2, 0.25) is 5.78 Å². The lowest BCUT2D eigenvalue weighted by atomic mass is 10.1. The van der Waals surface area contributed by atoms with Crippen molar-refractivity contribution in [1.82, 2.24) is 0 Å². The number of Topliss-reactive ketones (excluding diaryl/α,β-unsaturated/α-hetero) is 1. The van der Waals surface area contributed by atoms with Gasteiger partial charge in [0.05, 0.1) is 0 Å². The van der Waals surface area contributed by atoms with E-state index in [9.17, 15) is 31.1 Å². The number of aromatic hydroxyl groups is 2. The van der Waals surface area contributed by atoms with Gasteiger partial charge in [-0.3, -0.25) is 4.79 Å². The normalized spacial score (nSPS) is 11.5. The third-order valence-corrected chi connectivity index (χ3v) is 3.20. The van der Waals surface area contributed by atoms with E-state index in [0.29, 0.717) is 5.56 Å². The molecule has 2 rings (SSSR count). The number of phenols is 2. The van der Waals surface area contributed by atoms with Crippen molar-refractivity contribution in [2.45, 2.75) is 31.6 Å². The van der Waals surface area contributed by atoms with Crippen molar-refractivity contribution in [3.63, 3.8) is 0 Å². The minimum atomic E-state index is -4.81. The van der Waals surface area contributed by atoms with Crippen molar-refractivity contribution >= 4 is 5.78 Å². The topological polar surface area (TPSA) is 57.5 Å². The lowest BCUT2D eigenvalue weighted by Crippen LogP contribution is -2.24. The minimum absolute atomic E-state index is 0.000301. The zero-order valence-electron chi connectivity index (χ0n) is 13.8. The molecule has 0 saturated carbocycles. The smallest absolute Gasteiger partial charge is 0.450 e. The number of ketones is 1. The van der Waals surface area contributed by atoms with Crippen LogP contribution in [0.25, 0.3) is 0 Å². The Morgan fingerprint density at radius 3 is 1.74 bits per heavy atom. The van der Waals surface area contributed by atoms with Gasteiger partial charge in [0.15, 0.2) is 0 Å². The quantitative estimate of drug-likeness (QED) is 0.722. The van der Waals surface area contributed by atoms with Gasteiger partial charge in [-0.25, -0.2) is 0 Å². The summed E-state index contributed by atoms with van der Waals surface area (Å²) < 4.78 is 70.8. The molecular formula is C18H16F6O3. The molecule has 9 heteroatoms. The van der Waals surface area contributed by atoms with Gasteiger partial charge in [-0.15, -0.1) is 0 Å². The summed E-state index contributed by atoms with van der Waals surface area (Å²) in [6, 6.07) is 11.0. The number of halogens is 6. The van der Waals surface area contributed by atoms with Crippen LogP contribution in [0.2, 0.25) is 0 Å². The maximum absolute atomic E-state index is 11.8. The van der Waals surface area contributed by atoms with Gasteiger partial charge in [-0.05, 0) is 41.8 Å². The highest BCUT2D eigenvalue weighted by atomic mass is 19.4. The lowest BCUT2D eigenvalue weighted by Gasteiger charge is -2.05. The first kappa shape index (κ1) is 22.3. The molecule has 27 heavy (non-hydrogen) atoms. The summed E-state index contributed by atoms with van der Waals surface area (Å²) in [5.41, 5.74) is 0.643. The molecule has 2 N–H and O–H groups in total. The third-order valence-electron chi connectivity index (χ3n) is 3.20. The summed E-state index contributed by atoms with van der Waals surface area (Å²) in [6.45, 7) is 0. The molecule has 0 fully saturated rings. The van der Waals surface area contributed by atoms with Crippen LogP contribution in [0.1, 0.15) is 17.5 Å². The Balaban J connectivity index is 0.000000271. The molecule has 0 unspecified atom stereocenters. The summed E-state index contributed by atoms with van der Waals surface area (Å²) in [7, 11) is 0. The number of aryl methyl sites for hydroxylation is 1. The molecule has 0 aromatic heterocycles. The van der Waals surface area contributed by atoms with Crippen LogP contribution in [0.15, 0.2) is 48.5 Å². The van der Waals surface area contributed by atoms with Gasteiger partial charge in [-0.2, -0.15) is 26.3 Å². The van der Waals surface area contributed by atoms with Crippen molar-refractivity contribution in [2.24, 2.45) is 0 Å². The number of carbonyl (C=O) groups excluding carboxylic acids is 1. The Kier molecular flexibility index (Phi) is 7.68. The first-order valence-corrected chi connectivity index (χ1v) is 7.59. The average molecular weight is 394 g/mol. The van der Waals surface area contributed by atoms with Crippen LogP contribution in [0.5, 0.6) is 11.5 Å². The van der Waals surface area contributed by atoms with E-state index in [2.05, 4.69) is 0 Å². The first-order chi connectivity index (χ1) is 12.4. The van der Waals surface area contributed by atoms with Gasteiger partial charge in [-0.1, -0.05) is 24.3 Å². The number of hydrogen-bond donors (Lipinski definition) is 2. The van der Waals surface area contributed by atoms with E-state index in [-0.39, 0.29) is 23.5 Å². The number of benzene rings is 2. The van der Waals surface area contributed by atoms with Crippen molar-refractivity contribution in [2.75, 3.05) is 0 Å². The Bertz CT molecular complexity index is 753. The number of alkyl halides is 6. The molecule has 0 saturated heterocycles. The van der Waals surface area contributed by atoms with E-state index in [1.165, 1.54) is 36.4 Å². The second-order valence-corrected chi connectivity index (χ2v) is 5.55. The van der Waals surface area contributed by atoms with Gasteiger partial charge < -0.3 is 10.2 Å². The van der Waals surface area contributed by atoms with Gasteiger partial charge >= 0.3 is 12.4 Å². The molecule has 3 nitrogen and oxygen atoms in total. The van der Waals surface area contributed by atoms with E-state index in [0.717, 1.165) is 6.07 Å². The molecule has 0 heterocycles. The summed E-state index contributed by atoms with van der Waals surface area (Å²) in [4.78, 5) is 10.5. The highest BCUT2D eigenvalue weighted by Gasteiger charge is 2.37. The van der Waals surface area contributed by atoms with Crippen LogP contribution in [0.4, 0.5) is 26.3 Å². The van der Waals surface area contributed by atoms with E-state index in [4.69, 9.17) is 10.2 Å². The van der Waals surface area contributed by atoms with Crippen molar-refractivity contribution < 1.29 is 41.4 Å². The Morgan fingerprint density at radius 1 is 0.815 bits per heavy atom. The summed E-state index contributed by atoms with van der Waals surface area (Å²) >= 11 is 0. The molecule has 0 amide bonds. The van der Waals surface area contributed by atoms with Crippen LogP contribution in [-0.2, 0) is 17.6 Å². The number of phenolic OH excluding ortho intramolecular Hbond substituents is 2. The Labute approximate surface area is 150 Å². The average Bonchev–Trinajstić information content (AvgIpc) is 2.52. The van der Waals surface area contributed by atoms with E-state index >= 15 is 0 Å². The molecule has 0 bridgehead atoms. The van der Waals surface area contributed by atoms with Crippen LogP contribution >= 0.6 is 0 Å². The summed E-state index contributed by atoms with van der Waals surface area (Å²) in [5.74, 6) is -1.97. The van der Waals surface area contributed by atoms with Crippen LogP contribution < -0.4 is 0 Å². The molecule has 0 aliphatic heterocycles. The monoisotopic (exact) mass is 394 g/mol. The van der Waals surface area contributed by atoms with E-state index < -0.39 is 31.0 Å². The predicted molar refractivity (Wildman–Crippen MR) is 85.4 cm³/mol. The third kappa shape index (κ3) is 9.53. The zero-order valence-corrected chi connectivity index (χ0v) is 13.8. The van der Waals surface area contributed by atoms with Gasteiger partial charge in [0.25, 0.3) is 0 Å². The summed E-state index contributed by atoms with van der Waals surface area (Å²) in [5, 5.41) is 17.9. The Hall–Kier alpha value is -2.71. The molecule has 2 aromatic carbocycles. The van der Waals surface area contributed by atoms with Crippen molar-refractivity contribution in [3.05, 3.63) is 59.7 Å². The molecule has 0 spiro atoms. The fourth-order valence-corrected chi connectivity index (χ4v) is 1.95. The maximum Gasteiger partial charge on any atom is 0.450 e. The highest BCUT2D eigenvalue weighted by molar-refractivity contribution is 5.86. The van der Waals surface area contributed by atoms with E-state index in [1.807, 2.05) is 0 Å². The van der Waals surface area contributed by atoms with E-state index in [1.54, 1.807) is 6.07 Å². The molecule has 2 aromatic rings. The van der Waals surface area contributed by atoms with Crippen molar-refractivity contribution in [3.8, 4) is 11.5 Å². The number of carbonyl (C=O) groups is 1. The second-order valence-electron chi connectivity index (χ2n) is 5.55. The summed E-state index contributed by atoms with van der Waals surface area (Å²) in [6.07, 6.45) is -10.6. The van der Waals surface area contributed by atoms with Crippen LogP contribution in [-0.4, -0.2) is 28.3 Å². The predicted octanol–water partition coefficient (Wildman–Crippen LogP) is 4.95. The maximum atomic E-state index is 11.8. The standard InChI is InChI=1S/C9H7F3O2.C9H9F3O/c10-9(11,12)8(14)5-6-2-1-3-7(13)4-6;10-9(11,12)5-4-7-2-1-3-8(13)6-7/h1-4,13H,5H2;1-3,6,13H,4-5H2. The molecule has 0 radical (unpaired) electrons. The molecular weight excluding hydrogens is 378 g/mol. The molecule has 0 atom stereocenters. The van der Waals surface area contributed by atoms with Gasteiger partial charge in [0, 0.05) is 12.8 Å². The zero-order chi connectivity index (χ0) is 20.7. The highest BCUT2D eigenvalue weighted by Crippen LogP contribution is 2.23. The lowest BCUT2D eigenvalue weighted by molar-refractivity contribution is -0.170. The van der Waals surface area contributed by atoms with Crippen LogP contribution in [0, 0.1) is 0 Å². The minimum Gasteiger partial charge on any atom is -0.508 e.